The number of aromatic nitrogens is 4. The second-order valence-corrected chi connectivity index (χ2v) is 5.97. The molecule has 0 saturated carbocycles. The van der Waals surface area contributed by atoms with Crippen LogP contribution in [-0.2, 0) is 18.2 Å². The zero-order valence-electron chi connectivity index (χ0n) is 14.3. The molecule has 1 atom stereocenters. The van der Waals surface area contributed by atoms with Crippen molar-refractivity contribution in [1.82, 2.24) is 19.5 Å². The van der Waals surface area contributed by atoms with Gasteiger partial charge in [-0.25, -0.2) is 9.78 Å². The van der Waals surface area contributed by atoms with Crippen molar-refractivity contribution >= 4 is 11.8 Å². The molecule has 9 nitrogen and oxygen atoms in total. The minimum Gasteiger partial charge on any atom is -0.381 e. The van der Waals surface area contributed by atoms with E-state index in [2.05, 4.69) is 25.6 Å². The molecule has 1 aliphatic heterocycles. The molecular weight excluding hydrogens is 324 g/mol. The monoisotopic (exact) mass is 346 g/mol. The maximum Gasteiger partial charge on any atom is 0.328 e. The molecule has 0 amide bonds. The quantitative estimate of drug-likeness (QED) is 0.678. The van der Waals surface area contributed by atoms with Gasteiger partial charge in [0.2, 0.25) is 5.95 Å². The molecule has 0 spiro atoms. The molecule has 25 heavy (non-hydrogen) atoms. The largest absolute Gasteiger partial charge is 0.381 e. The third kappa shape index (κ3) is 3.87. The van der Waals surface area contributed by atoms with Crippen molar-refractivity contribution in [3.8, 4) is 0 Å². The Kier molecular flexibility index (Phi) is 5.13. The number of aromatic amines is 1. The van der Waals surface area contributed by atoms with Crippen LogP contribution in [0.4, 0.5) is 11.8 Å². The van der Waals surface area contributed by atoms with Gasteiger partial charge in [0.25, 0.3) is 5.56 Å². The lowest BCUT2D eigenvalue weighted by atomic mass is 10.0. The van der Waals surface area contributed by atoms with Crippen LogP contribution in [0.5, 0.6) is 0 Å². The summed E-state index contributed by atoms with van der Waals surface area (Å²) in [4.78, 5) is 34.9. The average Bonchev–Trinajstić information content (AvgIpc) is 3.16. The molecule has 3 heterocycles. The zero-order chi connectivity index (χ0) is 17.8. The van der Waals surface area contributed by atoms with E-state index < -0.39 is 5.69 Å². The van der Waals surface area contributed by atoms with Crippen LogP contribution in [-0.4, -0.2) is 46.3 Å². The Bertz CT molecular complexity index is 854. The van der Waals surface area contributed by atoms with Crippen LogP contribution >= 0.6 is 0 Å². The van der Waals surface area contributed by atoms with Crippen LogP contribution in [0, 0.1) is 0 Å². The fourth-order valence-electron chi connectivity index (χ4n) is 2.76. The summed E-state index contributed by atoms with van der Waals surface area (Å²) in [6, 6.07) is 1.92. The second-order valence-electron chi connectivity index (χ2n) is 5.97. The highest BCUT2D eigenvalue weighted by Gasteiger charge is 2.20. The van der Waals surface area contributed by atoms with Crippen LogP contribution in [0.1, 0.15) is 23.6 Å². The first-order valence-electron chi connectivity index (χ1n) is 8.24. The first kappa shape index (κ1) is 17.2. The lowest BCUT2D eigenvalue weighted by Gasteiger charge is -2.12. The highest BCUT2D eigenvalue weighted by molar-refractivity contribution is 5.43. The number of ether oxygens (including phenoxy) is 1. The molecule has 3 rings (SSSR count). The van der Waals surface area contributed by atoms with Gasteiger partial charge in [0.1, 0.15) is 5.82 Å². The van der Waals surface area contributed by atoms with Gasteiger partial charge in [0, 0.05) is 51.0 Å². The number of nitrogens with zero attached hydrogens (tertiary/aromatic N) is 3. The van der Waals surface area contributed by atoms with Gasteiger partial charge in [-0.2, -0.15) is 4.98 Å². The summed E-state index contributed by atoms with van der Waals surface area (Å²) >= 11 is 0. The first-order valence-corrected chi connectivity index (χ1v) is 8.24. The van der Waals surface area contributed by atoms with Crippen LogP contribution < -0.4 is 21.9 Å². The lowest BCUT2D eigenvalue weighted by Crippen LogP contribution is -2.34. The Balaban J connectivity index is 1.70. The molecule has 0 bridgehead atoms. The van der Waals surface area contributed by atoms with Gasteiger partial charge < -0.3 is 20.4 Å². The Hall–Kier alpha value is -2.68. The van der Waals surface area contributed by atoms with E-state index in [1.807, 2.05) is 6.07 Å². The molecule has 2 aromatic rings. The summed E-state index contributed by atoms with van der Waals surface area (Å²) in [5.74, 6) is 1.52. The van der Waals surface area contributed by atoms with Crippen molar-refractivity contribution in [3.05, 3.63) is 44.4 Å². The average molecular weight is 346 g/mol. The molecule has 1 aliphatic rings. The van der Waals surface area contributed by atoms with E-state index in [1.165, 1.54) is 13.2 Å². The minimum absolute atomic E-state index is 0.280. The zero-order valence-corrected chi connectivity index (χ0v) is 14.3. The fraction of sp³-hybridized carbons (Fsp3) is 0.500. The van der Waals surface area contributed by atoms with Crippen molar-refractivity contribution in [2.24, 2.45) is 7.05 Å². The Morgan fingerprint density at radius 2 is 2.24 bits per heavy atom. The highest BCUT2D eigenvalue weighted by atomic mass is 16.5. The predicted octanol–water partition coefficient (Wildman–Crippen LogP) is 0.0638. The molecule has 134 valence electrons. The normalized spacial score (nSPS) is 16.8. The summed E-state index contributed by atoms with van der Waals surface area (Å²) in [5, 5.41) is 6.19. The minimum atomic E-state index is -0.417. The number of hydrogen-bond donors (Lipinski definition) is 3. The topological polar surface area (TPSA) is 114 Å². The molecule has 0 aliphatic carbocycles. The maximum atomic E-state index is 12.0. The Morgan fingerprint density at radius 1 is 1.40 bits per heavy atom. The van der Waals surface area contributed by atoms with Crippen molar-refractivity contribution in [2.45, 2.75) is 18.8 Å². The summed E-state index contributed by atoms with van der Waals surface area (Å²) in [6.45, 7) is 1.94. The van der Waals surface area contributed by atoms with E-state index in [9.17, 15) is 9.59 Å². The molecular formula is C16H22N6O3. The number of anilines is 2. The van der Waals surface area contributed by atoms with E-state index in [-0.39, 0.29) is 11.5 Å². The van der Waals surface area contributed by atoms with Crippen molar-refractivity contribution in [1.29, 1.82) is 0 Å². The maximum absolute atomic E-state index is 12.0. The van der Waals surface area contributed by atoms with Crippen molar-refractivity contribution in [2.75, 3.05) is 37.4 Å². The van der Waals surface area contributed by atoms with Crippen LogP contribution in [0.3, 0.4) is 0 Å². The van der Waals surface area contributed by atoms with Gasteiger partial charge in [-0.05, 0) is 12.8 Å². The molecule has 9 heteroatoms. The van der Waals surface area contributed by atoms with E-state index in [0.717, 1.165) is 23.3 Å². The van der Waals surface area contributed by atoms with Gasteiger partial charge in [-0.1, -0.05) is 0 Å². The van der Waals surface area contributed by atoms with E-state index >= 15 is 0 Å². The molecule has 2 aromatic heterocycles. The molecule has 1 saturated heterocycles. The Morgan fingerprint density at radius 3 is 2.96 bits per heavy atom. The smallest absolute Gasteiger partial charge is 0.328 e. The molecule has 3 N–H and O–H groups in total. The van der Waals surface area contributed by atoms with Gasteiger partial charge in [-0.3, -0.25) is 9.36 Å². The van der Waals surface area contributed by atoms with E-state index in [1.54, 1.807) is 7.05 Å². The van der Waals surface area contributed by atoms with Gasteiger partial charge >= 0.3 is 5.69 Å². The van der Waals surface area contributed by atoms with Crippen molar-refractivity contribution < 1.29 is 4.74 Å². The van der Waals surface area contributed by atoms with E-state index in [0.29, 0.717) is 36.9 Å². The van der Waals surface area contributed by atoms with Crippen LogP contribution in [0.2, 0.25) is 0 Å². The van der Waals surface area contributed by atoms with Crippen LogP contribution in [0.15, 0.2) is 21.9 Å². The van der Waals surface area contributed by atoms with E-state index in [4.69, 9.17) is 4.74 Å². The number of rotatable bonds is 6. The number of H-pyrrole nitrogens is 1. The summed E-state index contributed by atoms with van der Waals surface area (Å²) < 4.78 is 6.50. The lowest BCUT2D eigenvalue weighted by molar-refractivity contribution is 0.193. The SMILES string of the molecule is CNc1nc(NCCc2c[nH]c(=O)n(C)c2=O)cc(C2CCOC2)n1. The number of nitrogens with one attached hydrogen (secondary N) is 3. The molecule has 0 aromatic carbocycles. The third-order valence-corrected chi connectivity index (χ3v) is 4.27. The Labute approximate surface area is 144 Å². The van der Waals surface area contributed by atoms with Gasteiger partial charge in [-0.15, -0.1) is 0 Å². The third-order valence-electron chi connectivity index (χ3n) is 4.27. The van der Waals surface area contributed by atoms with Gasteiger partial charge in [0.15, 0.2) is 0 Å². The molecule has 1 unspecified atom stereocenters. The highest BCUT2D eigenvalue weighted by Crippen LogP contribution is 2.25. The summed E-state index contributed by atoms with van der Waals surface area (Å²) in [6.07, 6.45) is 2.89. The molecule has 0 radical (unpaired) electrons. The second kappa shape index (κ2) is 7.47. The standard InChI is InChI=1S/C16H22N6O3/c1-17-15-20-12(11-4-6-25-9-11)7-13(21-15)18-5-3-10-8-19-16(24)22(2)14(10)23/h7-8,11H,3-6,9H2,1-2H3,(H,19,24)(H2,17,18,20,21). The number of hydrogen-bond acceptors (Lipinski definition) is 7. The fourth-order valence-corrected chi connectivity index (χ4v) is 2.76. The molecule has 1 fully saturated rings. The summed E-state index contributed by atoms with van der Waals surface area (Å²) in [7, 11) is 3.23. The van der Waals surface area contributed by atoms with Gasteiger partial charge in [0.05, 0.1) is 12.3 Å². The summed E-state index contributed by atoms with van der Waals surface area (Å²) in [5.41, 5.74) is 0.786. The van der Waals surface area contributed by atoms with Crippen LogP contribution in [0.25, 0.3) is 0 Å². The predicted molar refractivity (Wildman–Crippen MR) is 94.3 cm³/mol. The first-order chi connectivity index (χ1) is 12.1. The van der Waals surface area contributed by atoms with Crippen molar-refractivity contribution in [3.63, 3.8) is 0 Å².